The SMILES string of the molecule is CC(C)(C)OC(=O)NCC=O.[HH]. The zero-order valence-corrected chi connectivity index (χ0v) is 7.01. The Labute approximate surface area is 67.4 Å². The normalized spacial score (nSPS) is 10.5. The van der Waals surface area contributed by atoms with Crippen molar-refractivity contribution in [1.29, 1.82) is 0 Å². The van der Waals surface area contributed by atoms with Gasteiger partial charge in [0, 0.05) is 1.43 Å². The molecule has 4 nitrogen and oxygen atoms in total. The molecule has 0 radical (unpaired) electrons. The molecule has 0 saturated heterocycles. The van der Waals surface area contributed by atoms with E-state index in [4.69, 9.17) is 4.74 Å². The van der Waals surface area contributed by atoms with E-state index in [1.165, 1.54) is 0 Å². The van der Waals surface area contributed by atoms with Gasteiger partial charge in [0.15, 0.2) is 0 Å². The third-order valence-electron chi connectivity index (χ3n) is 0.729. The summed E-state index contributed by atoms with van der Waals surface area (Å²) in [5, 5.41) is 2.26. The maximum Gasteiger partial charge on any atom is 0.408 e. The van der Waals surface area contributed by atoms with Crippen LogP contribution in [0.3, 0.4) is 0 Å². The van der Waals surface area contributed by atoms with Crippen molar-refractivity contribution in [3.63, 3.8) is 0 Å². The minimum absolute atomic E-state index is 0. The maximum absolute atomic E-state index is 10.7. The van der Waals surface area contributed by atoms with Crippen molar-refractivity contribution >= 4 is 12.4 Å². The molecular formula is C7H15NO3. The van der Waals surface area contributed by atoms with Gasteiger partial charge in [-0.2, -0.15) is 0 Å². The van der Waals surface area contributed by atoms with Gasteiger partial charge in [-0.25, -0.2) is 4.79 Å². The molecule has 1 amide bonds. The van der Waals surface area contributed by atoms with E-state index >= 15 is 0 Å². The van der Waals surface area contributed by atoms with E-state index in [9.17, 15) is 9.59 Å². The number of nitrogens with one attached hydrogen (secondary N) is 1. The first-order valence-corrected chi connectivity index (χ1v) is 3.36. The van der Waals surface area contributed by atoms with Crippen LogP contribution in [0.4, 0.5) is 4.79 Å². The van der Waals surface area contributed by atoms with Crippen molar-refractivity contribution in [2.24, 2.45) is 0 Å². The number of aldehydes is 1. The third-order valence-corrected chi connectivity index (χ3v) is 0.729. The number of amides is 1. The Bertz CT molecular complexity index is 153. The molecule has 0 unspecified atom stereocenters. The van der Waals surface area contributed by atoms with Gasteiger partial charge in [-0.1, -0.05) is 0 Å². The molecule has 1 N–H and O–H groups in total. The lowest BCUT2D eigenvalue weighted by molar-refractivity contribution is -0.107. The summed E-state index contributed by atoms with van der Waals surface area (Å²) in [7, 11) is 0. The van der Waals surface area contributed by atoms with Gasteiger partial charge in [0.2, 0.25) is 0 Å². The molecule has 0 fully saturated rings. The van der Waals surface area contributed by atoms with Gasteiger partial charge in [0.1, 0.15) is 11.9 Å². The van der Waals surface area contributed by atoms with Gasteiger partial charge in [-0.05, 0) is 20.8 Å². The fourth-order valence-corrected chi connectivity index (χ4v) is 0.439. The van der Waals surface area contributed by atoms with E-state index in [-0.39, 0.29) is 7.97 Å². The number of alkyl carbamates (subject to hydrolysis) is 1. The summed E-state index contributed by atoms with van der Waals surface area (Å²) >= 11 is 0. The van der Waals surface area contributed by atoms with Gasteiger partial charge in [0.05, 0.1) is 6.54 Å². The molecule has 0 aliphatic rings. The Hall–Kier alpha value is -1.06. The highest BCUT2D eigenvalue weighted by Crippen LogP contribution is 2.05. The smallest absolute Gasteiger partial charge is 0.408 e. The Morgan fingerprint density at radius 3 is 2.55 bits per heavy atom. The quantitative estimate of drug-likeness (QED) is 0.613. The average molecular weight is 161 g/mol. The summed E-state index contributed by atoms with van der Waals surface area (Å²) in [6.45, 7) is 5.27. The first kappa shape index (κ1) is 9.94. The lowest BCUT2D eigenvalue weighted by atomic mass is 10.2. The maximum atomic E-state index is 10.7. The predicted molar refractivity (Wildman–Crippen MR) is 42.4 cm³/mol. The van der Waals surface area contributed by atoms with E-state index < -0.39 is 11.7 Å². The molecule has 0 bridgehead atoms. The average Bonchev–Trinajstić information content (AvgIpc) is 1.79. The Morgan fingerprint density at radius 1 is 1.64 bits per heavy atom. The van der Waals surface area contributed by atoms with Gasteiger partial charge in [-0.15, -0.1) is 0 Å². The summed E-state index contributed by atoms with van der Waals surface area (Å²) in [6, 6.07) is 0. The van der Waals surface area contributed by atoms with E-state index in [1.807, 2.05) is 0 Å². The van der Waals surface area contributed by atoms with Gasteiger partial charge in [-0.3, -0.25) is 0 Å². The van der Waals surface area contributed by atoms with Crippen LogP contribution in [0.25, 0.3) is 0 Å². The molecule has 4 heteroatoms. The van der Waals surface area contributed by atoms with Crippen molar-refractivity contribution in [3.8, 4) is 0 Å². The van der Waals surface area contributed by atoms with E-state index in [0.29, 0.717) is 6.29 Å². The number of ether oxygens (including phenoxy) is 1. The summed E-state index contributed by atoms with van der Waals surface area (Å²) in [5.41, 5.74) is -0.507. The first-order chi connectivity index (χ1) is 4.95. The molecule has 0 aliphatic heterocycles. The van der Waals surface area contributed by atoms with Gasteiger partial charge >= 0.3 is 6.09 Å². The number of hydrogen-bond acceptors (Lipinski definition) is 3. The van der Waals surface area contributed by atoms with Crippen molar-refractivity contribution in [3.05, 3.63) is 0 Å². The predicted octanol–water partition coefficient (Wildman–Crippen LogP) is 0.956. The number of rotatable bonds is 2. The van der Waals surface area contributed by atoms with Crippen LogP contribution in [-0.2, 0) is 9.53 Å². The molecule has 0 atom stereocenters. The van der Waals surface area contributed by atoms with E-state index in [1.54, 1.807) is 20.8 Å². The molecule has 0 aliphatic carbocycles. The second-order valence-corrected chi connectivity index (χ2v) is 3.05. The molecular weight excluding hydrogens is 146 g/mol. The lowest BCUT2D eigenvalue weighted by Gasteiger charge is -2.18. The van der Waals surface area contributed by atoms with Crippen LogP contribution in [0.2, 0.25) is 0 Å². The summed E-state index contributed by atoms with van der Waals surface area (Å²) in [5.74, 6) is 0. The van der Waals surface area contributed by atoms with E-state index in [0.717, 1.165) is 0 Å². The topological polar surface area (TPSA) is 55.4 Å². The van der Waals surface area contributed by atoms with Crippen LogP contribution in [-0.4, -0.2) is 24.5 Å². The van der Waals surface area contributed by atoms with Crippen LogP contribution >= 0.6 is 0 Å². The summed E-state index contributed by atoms with van der Waals surface area (Å²) < 4.78 is 4.83. The minimum atomic E-state index is -0.565. The van der Waals surface area contributed by atoms with Crippen molar-refractivity contribution in [2.75, 3.05) is 6.54 Å². The van der Waals surface area contributed by atoms with Crippen LogP contribution < -0.4 is 5.32 Å². The highest BCUT2D eigenvalue weighted by Gasteiger charge is 2.14. The molecule has 0 heterocycles. The molecule has 11 heavy (non-hydrogen) atoms. The fourth-order valence-electron chi connectivity index (χ4n) is 0.439. The van der Waals surface area contributed by atoms with Crippen LogP contribution in [0.15, 0.2) is 0 Å². The second kappa shape index (κ2) is 3.95. The van der Waals surface area contributed by atoms with Crippen molar-refractivity contribution < 1.29 is 15.8 Å². The number of carbonyl (C=O) groups excluding carboxylic acids is 2. The molecule has 0 saturated carbocycles. The van der Waals surface area contributed by atoms with Crippen molar-refractivity contribution in [1.82, 2.24) is 5.32 Å². The highest BCUT2D eigenvalue weighted by atomic mass is 16.6. The van der Waals surface area contributed by atoms with E-state index in [2.05, 4.69) is 5.32 Å². The highest BCUT2D eigenvalue weighted by molar-refractivity contribution is 5.71. The van der Waals surface area contributed by atoms with Crippen LogP contribution in [0.5, 0.6) is 0 Å². The minimum Gasteiger partial charge on any atom is -0.444 e. The standard InChI is InChI=1S/C7H13NO3.H2/c1-7(2,3)11-6(10)8-4-5-9;/h5H,4H2,1-3H3,(H,8,10);1H. The van der Waals surface area contributed by atoms with Crippen molar-refractivity contribution in [2.45, 2.75) is 26.4 Å². The molecule has 0 rings (SSSR count). The molecule has 0 aromatic heterocycles. The summed E-state index contributed by atoms with van der Waals surface area (Å²) in [4.78, 5) is 20.5. The lowest BCUT2D eigenvalue weighted by Crippen LogP contribution is -2.33. The van der Waals surface area contributed by atoms with Crippen LogP contribution in [0.1, 0.15) is 22.2 Å². The third kappa shape index (κ3) is 6.83. The Morgan fingerprint density at radius 2 is 2.18 bits per heavy atom. The zero-order chi connectivity index (χ0) is 8.91. The monoisotopic (exact) mass is 161 g/mol. The number of carbonyl (C=O) groups is 2. The molecule has 66 valence electrons. The second-order valence-electron chi connectivity index (χ2n) is 3.05. The van der Waals surface area contributed by atoms with Gasteiger partial charge in [0.25, 0.3) is 0 Å². The van der Waals surface area contributed by atoms with Gasteiger partial charge < -0.3 is 14.8 Å². The largest absolute Gasteiger partial charge is 0.444 e. The zero-order valence-electron chi connectivity index (χ0n) is 7.01. The Balaban J connectivity index is 0. The Kier molecular flexibility index (Phi) is 3.57. The van der Waals surface area contributed by atoms with Crippen LogP contribution in [0, 0.1) is 0 Å². The molecule has 0 aromatic carbocycles. The first-order valence-electron chi connectivity index (χ1n) is 3.36. The molecule has 0 aromatic rings. The fraction of sp³-hybridized carbons (Fsp3) is 0.714. The molecule has 0 spiro atoms. The number of hydrogen-bond donors (Lipinski definition) is 1. The summed E-state index contributed by atoms with van der Waals surface area (Å²) in [6.07, 6.45) is 0.0359.